The van der Waals surface area contributed by atoms with Crippen LogP contribution in [-0.4, -0.2) is 31.8 Å². The van der Waals surface area contributed by atoms with E-state index in [1.807, 2.05) is 84.9 Å². The first-order valence-corrected chi connectivity index (χ1v) is 14.1. The van der Waals surface area contributed by atoms with Crippen LogP contribution in [0.4, 0.5) is 4.79 Å². The fraction of sp³-hybridized carbons (Fsp3) is 0.222. The van der Waals surface area contributed by atoms with Gasteiger partial charge in [-0.3, -0.25) is 0 Å². The fourth-order valence-electron chi connectivity index (χ4n) is 4.89. The topological polar surface area (TPSA) is 73.9 Å². The van der Waals surface area contributed by atoms with Gasteiger partial charge in [0, 0.05) is 12.1 Å². The van der Waals surface area contributed by atoms with Crippen LogP contribution >= 0.6 is 0 Å². The van der Waals surface area contributed by atoms with Gasteiger partial charge < -0.3 is 19.5 Å². The van der Waals surface area contributed by atoms with E-state index < -0.39 is 17.7 Å². The average molecular weight is 564 g/mol. The molecule has 4 aromatic carbocycles. The monoisotopic (exact) mass is 563 g/mol. The first-order valence-electron chi connectivity index (χ1n) is 14.1. The molecule has 42 heavy (non-hydrogen) atoms. The zero-order valence-corrected chi connectivity index (χ0v) is 23.9. The molecule has 4 aromatic rings. The van der Waals surface area contributed by atoms with Gasteiger partial charge in [0.15, 0.2) is 0 Å². The van der Waals surface area contributed by atoms with Crippen LogP contribution in [0.2, 0.25) is 0 Å². The first-order chi connectivity index (χ1) is 20.6. The lowest BCUT2D eigenvalue weighted by molar-refractivity contribution is -0.134. The van der Waals surface area contributed by atoms with Gasteiger partial charge in [-0.25, -0.2) is 9.59 Å². The Bertz CT molecular complexity index is 1300. The van der Waals surface area contributed by atoms with Gasteiger partial charge in [-0.2, -0.15) is 0 Å². The van der Waals surface area contributed by atoms with Crippen LogP contribution in [0.3, 0.4) is 0 Å². The van der Waals surface area contributed by atoms with Gasteiger partial charge in [0.2, 0.25) is 0 Å². The van der Waals surface area contributed by atoms with E-state index >= 15 is 0 Å². The molecule has 0 unspecified atom stereocenters. The normalized spacial score (nSPS) is 12.0. The third-order valence-corrected chi connectivity index (χ3v) is 7.00. The summed E-state index contributed by atoms with van der Waals surface area (Å²) in [5.74, 6) is -0.413. The Morgan fingerprint density at radius 3 is 1.74 bits per heavy atom. The molecule has 0 saturated carbocycles. The molecule has 6 heteroatoms. The van der Waals surface area contributed by atoms with Crippen LogP contribution in [0.5, 0.6) is 0 Å². The molecule has 0 aliphatic carbocycles. The van der Waals surface area contributed by atoms with Crippen molar-refractivity contribution in [1.82, 2.24) is 5.32 Å². The summed E-state index contributed by atoms with van der Waals surface area (Å²) < 4.78 is 17.1. The second-order valence-corrected chi connectivity index (χ2v) is 9.82. The lowest BCUT2D eigenvalue weighted by Gasteiger charge is -2.36. The minimum atomic E-state index is -0.854. The highest BCUT2D eigenvalue weighted by molar-refractivity contribution is 5.81. The second-order valence-electron chi connectivity index (χ2n) is 9.82. The summed E-state index contributed by atoms with van der Waals surface area (Å²) in [6, 6.07) is 39.8. The summed E-state index contributed by atoms with van der Waals surface area (Å²) in [5, 5.41) is 3.00. The highest BCUT2D eigenvalue weighted by Gasteiger charge is 2.37. The molecule has 0 heterocycles. The van der Waals surface area contributed by atoms with E-state index in [1.54, 1.807) is 6.08 Å². The number of ether oxygens (including phenoxy) is 3. The molecular weight excluding hydrogens is 526 g/mol. The smallest absolute Gasteiger partial charge is 0.407 e. The maximum Gasteiger partial charge on any atom is 0.407 e. The van der Waals surface area contributed by atoms with Crippen molar-refractivity contribution in [3.8, 4) is 0 Å². The largest absolute Gasteiger partial charge is 0.466 e. The number of hydrogen-bond donors (Lipinski definition) is 1. The van der Waals surface area contributed by atoms with E-state index in [9.17, 15) is 9.59 Å². The van der Waals surface area contributed by atoms with Crippen LogP contribution in [0.25, 0.3) is 0 Å². The van der Waals surface area contributed by atoms with Crippen molar-refractivity contribution in [2.75, 3.05) is 13.7 Å². The maximum absolute atomic E-state index is 12.8. The van der Waals surface area contributed by atoms with E-state index in [0.717, 1.165) is 22.3 Å². The Morgan fingerprint density at radius 1 is 0.738 bits per heavy atom. The number of allylic oxidation sites excluding steroid dienone is 1. The number of nitrogens with one attached hydrogen (secondary N) is 1. The molecule has 216 valence electrons. The molecule has 0 radical (unpaired) electrons. The summed E-state index contributed by atoms with van der Waals surface area (Å²) in [5.41, 5.74) is 3.08. The third kappa shape index (κ3) is 8.41. The summed E-state index contributed by atoms with van der Waals surface area (Å²) in [4.78, 5) is 24.3. The van der Waals surface area contributed by atoms with Gasteiger partial charge in [-0.15, -0.1) is 0 Å². The Labute approximate surface area is 248 Å². The summed E-state index contributed by atoms with van der Waals surface area (Å²) in [6.07, 6.45) is 4.33. The lowest BCUT2D eigenvalue weighted by Crippen LogP contribution is -2.38. The summed E-state index contributed by atoms with van der Waals surface area (Å²) in [7, 11) is 1.34. The molecule has 0 fully saturated rings. The molecule has 1 amide bonds. The molecule has 1 N–H and O–H groups in total. The predicted octanol–water partition coefficient (Wildman–Crippen LogP) is 7.19. The minimum Gasteiger partial charge on any atom is -0.466 e. The molecule has 1 atom stereocenters. The predicted molar refractivity (Wildman–Crippen MR) is 164 cm³/mol. The van der Waals surface area contributed by atoms with E-state index in [2.05, 4.69) is 46.5 Å². The van der Waals surface area contributed by atoms with Crippen molar-refractivity contribution < 1.29 is 23.8 Å². The average Bonchev–Trinajstić information content (AvgIpc) is 3.05. The maximum atomic E-state index is 12.8. The van der Waals surface area contributed by atoms with Gasteiger partial charge in [0.05, 0.1) is 13.7 Å². The number of alkyl carbamates (subject to hydrolysis) is 1. The molecule has 0 saturated heterocycles. The van der Waals surface area contributed by atoms with Crippen molar-refractivity contribution in [1.29, 1.82) is 0 Å². The van der Waals surface area contributed by atoms with Crippen LogP contribution in [0.1, 0.15) is 41.5 Å². The Morgan fingerprint density at radius 2 is 1.24 bits per heavy atom. The standard InChI is InChI=1S/C36H37NO5/c1-40-34(38)25-15-14-24-33(37-35(39)41-28-29-16-6-2-7-17-29)26-27-42-36(30-18-8-3-9-19-30,31-20-10-4-11-21-31)32-22-12-5-13-23-32/h2-13,15-23,25,33H,14,24,26-28H2,1H3,(H,37,39)/b25-15+/t33-/m1/s1. The Balaban J connectivity index is 1.53. The van der Waals surface area contributed by atoms with Crippen LogP contribution in [-0.2, 0) is 31.2 Å². The van der Waals surface area contributed by atoms with Gasteiger partial charge in [0.1, 0.15) is 12.2 Å². The van der Waals surface area contributed by atoms with Crippen molar-refractivity contribution in [2.45, 2.75) is 37.5 Å². The zero-order valence-electron chi connectivity index (χ0n) is 23.9. The molecular formula is C36H37NO5. The van der Waals surface area contributed by atoms with Crippen LogP contribution in [0, 0.1) is 0 Å². The van der Waals surface area contributed by atoms with E-state index in [0.29, 0.717) is 25.9 Å². The number of methoxy groups -OCH3 is 1. The van der Waals surface area contributed by atoms with Crippen LogP contribution < -0.4 is 5.32 Å². The van der Waals surface area contributed by atoms with Gasteiger partial charge in [-0.05, 0) is 41.5 Å². The number of benzene rings is 4. The van der Waals surface area contributed by atoms with Crippen molar-refractivity contribution >= 4 is 12.1 Å². The number of carbonyl (C=O) groups excluding carboxylic acids is 2. The van der Waals surface area contributed by atoms with Gasteiger partial charge in [0.25, 0.3) is 0 Å². The molecule has 4 rings (SSSR count). The fourth-order valence-corrected chi connectivity index (χ4v) is 4.89. The molecule has 0 aliphatic rings. The van der Waals surface area contributed by atoms with Gasteiger partial charge >= 0.3 is 12.1 Å². The zero-order chi connectivity index (χ0) is 29.5. The number of esters is 1. The molecule has 0 spiro atoms. The van der Waals surface area contributed by atoms with Crippen molar-refractivity contribution in [3.05, 3.63) is 156 Å². The first kappa shape index (κ1) is 30.3. The summed E-state index contributed by atoms with van der Waals surface area (Å²) >= 11 is 0. The van der Waals surface area contributed by atoms with E-state index in [-0.39, 0.29) is 12.6 Å². The van der Waals surface area contributed by atoms with E-state index in [1.165, 1.54) is 13.2 Å². The number of hydrogen-bond acceptors (Lipinski definition) is 5. The van der Waals surface area contributed by atoms with Crippen LogP contribution in [0.15, 0.2) is 133 Å². The lowest BCUT2D eigenvalue weighted by atomic mass is 9.80. The molecule has 0 bridgehead atoms. The van der Waals surface area contributed by atoms with Crippen molar-refractivity contribution in [2.24, 2.45) is 0 Å². The van der Waals surface area contributed by atoms with E-state index in [4.69, 9.17) is 9.47 Å². The Kier molecular flexibility index (Phi) is 11.5. The number of carbonyl (C=O) groups is 2. The van der Waals surface area contributed by atoms with Crippen molar-refractivity contribution in [3.63, 3.8) is 0 Å². The third-order valence-electron chi connectivity index (χ3n) is 7.00. The summed E-state index contributed by atoms with van der Waals surface area (Å²) in [6.45, 7) is 0.528. The number of rotatable bonds is 14. The Hall–Kier alpha value is -4.68. The quantitative estimate of drug-likeness (QED) is 0.0999. The molecule has 0 aliphatic heterocycles. The number of amides is 1. The highest BCUT2D eigenvalue weighted by atomic mass is 16.5. The molecule has 0 aromatic heterocycles. The minimum absolute atomic E-state index is 0.178. The second kappa shape index (κ2) is 15.9. The van der Waals surface area contributed by atoms with Gasteiger partial charge in [-0.1, -0.05) is 127 Å². The highest BCUT2D eigenvalue weighted by Crippen LogP contribution is 2.40. The SMILES string of the molecule is COC(=O)/C=C/CC[C@H](CCOC(c1ccccc1)(c1ccccc1)c1ccccc1)NC(=O)OCc1ccccc1. The molecule has 6 nitrogen and oxygen atoms in total.